The molecule has 0 radical (unpaired) electrons. The van der Waals surface area contributed by atoms with Crippen LogP contribution in [0.1, 0.15) is 15.9 Å². The normalized spacial score (nSPS) is 10.8. The molecule has 172 valence electrons. The van der Waals surface area contributed by atoms with E-state index in [4.69, 9.17) is 9.47 Å². The molecule has 0 saturated carbocycles. The monoisotopic (exact) mass is 476 g/mol. The van der Waals surface area contributed by atoms with E-state index in [2.05, 4.69) is 20.8 Å². The van der Waals surface area contributed by atoms with Crippen LogP contribution >= 0.6 is 11.3 Å². The second-order valence-electron chi connectivity index (χ2n) is 6.98. The number of ether oxygens (including phenoxy) is 2. The summed E-state index contributed by atoms with van der Waals surface area (Å²) in [7, 11) is 3.12. The number of halogens is 1. The molecule has 0 aliphatic heterocycles. The van der Waals surface area contributed by atoms with E-state index >= 15 is 0 Å². The predicted octanol–water partition coefficient (Wildman–Crippen LogP) is 5.66. The smallest absolute Gasteiger partial charge is 0.256 e. The number of hydrazone groups is 1. The number of carbonyl (C=O) groups excluding carboxylic acids is 1. The number of aromatic nitrogens is 1. The molecule has 0 fully saturated rings. The maximum Gasteiger partial charge on any atom is 0.256 e. The van der Waals surface area contributed by atoms with Crippen LogP contribution in [0, 0.1) is 5.82 Å². The third-order valence-electron chi connectivity index (χ3n) is 4.81. The van der Waals surface area contributed by atoms with Gasteiger partial charge in [0.25, 0.3) is 5.91 Å². The van der Waals surface area contributed by atoms with Crippen LogP contribution in [0.15, 0.2) is 77.9 Å². The van der Waals surface area contributed by atoms with E-state index in [1.54, 1.807) is 62.9 Å². The van der Waals surface area contributed by atoms with Crippen molar-refractivity contribution >= 4 is 33.6 Å². The summed E-state index contributed by atoms with van der Waals surface area (Å²) in [6, 6.07) is 20.2. The molecular formula is C25H21FN4O3S. The first-order valence-corrected chi connectivity index (χ1v) is 11.0. The average molecular weight is 477 g/mol. The topological polar surface area (TPSA) is 84.8 Å². The molecule has 0 saturated heterocycles. The Morgan fingerprint density at radius 2 is 1.76 bits per heavy atom. The maximum atomic E-state index is 13.4. The number of para-hydroxylation sites is 1. The van der Waals surface area contributed by atoms with Gasteiger partial charge in [-0.25, -0.2) is 9.37 Å². The first-order valence-electron chi connectivity index (χ1n) is 10.2. The molecule has 7 nitrogen and oxygen atoms in total. The van der Waals surface area contributed by atoms with Gasteiger partial charge in [0.15, 0.2) is 11.5 Å². The SMILES string of the molecule is COc1cccc(C=NNc2nc(-c3ccc(F)cc3)c(NC(=O)c3ccccc3)s2)c1OC. The van der Waals surface area contributed by atoms with E-state index in [1.807, 2.05) is 18.2 Å². The molecule has 4 aromatic rings. The minimum Gasteiger partial charge on any atom is -0.493 e. The lowest BCUT2D eigenvalue weighted by molar-refractivity contribution is 0.102. The Balaban J connectivity index is 1.61. The molecule has 0 aliphatic carbocycles. The van der Waals surface area contributed by atoms with Crippen molar-refractivity contribution in [3.63, 3.8) is 0 Å². The van der Waals surface area contributed by atoms with Crippen LogP contribution in [-0.4, -0.2) is 31.3 Å². The number of nitrogens with zero attached hydrogens (tertiary/aromatic N) is 2. The summed E-state index contributed by atoms with van der Waals surface area (Å²) in [6.07, 6.45) is 1.59. The summed E-state index contributed by atoms with van der Waals surface area (Å²) < 4.78 is 24.2. The molecule has 1 aromatic heterocycles. The minimum atomic E-state index is -0.357. The van der Waals surface area contributed by atoms with E-state index < -0.39 is 0 Å². The highest BCUT2D eigenvalue weighted by Crippen LogP contribution is 2.36. The summed E-state index contributed by atoms with van der Waals surface area (Å²) >= 11 is 1.22. The molecule has 1 amide bonds. The number of nitrogens with one attached hydrogen (secondary N) is 2. The number of benzene rings is 3. The fourth-order valence-electron chi connectivity index (χ4n) is 3.19. The van der Waals surface area contributed by atoms with Gasteiger partial charge in [0, 0.05) is 16.7 Å². The molecular weight excluding hydrogens is 455 g/mol. The lowest BCUT2D eigenvalue weighted by Gasteiger charge is -2.09. The Labute approximate surface area is 199 Å². The highest BCUT2D eigenvalue weighted by molar-refractivity contribution is 7.20. The zero-order valence-electron chi connectivity index (χ0n) is 18.4. The van der Waals surface area contributed by atoms with Gasteiger partial charge >= 0.3 is 0 Å². The molecule has 0 spiro atoms. The summed E-state index contributed by atoms with van der Waals surface area (Å²) in [4.78, 5) is 17.3. The quantitative estimate of drug-likeness (QED) is 0.253. The Morgan fingerprint density at radius 1 is 1.00 bits per heavy atom. The van der Waals surface area contributed by atoms with Crippen LogP contribution in [0.25, 0.3) is 11.3 Å². The van der Waals surface area contributed by atoms with Gasteiger partial charge < -0.3 is 14.8 Å². The molecule has 0 unspecified atom stereocenters. The average Bonchev–Trinajstić information content (AvgIpc) is 3.27. The number of anilines is 2. The molecule has 9 heteroatoms. The molecule has 0 bridgehead atoms. The van der Waals surface area contributed by atoms with E-state index in [0.29, 0.717) is 44.0 Å². The summed E-state index contributed by atoms with van der Waals surface area (Å²) in [5.74, 6) is 0.510. The number of carbonyl (C=O) groups is 1. The van der Waals surface area contributed by atoms with Crippen molar-refractivity contribution < 1.29 is 18.7 Å². The molecule has 1 heterocycles. The third kappa shape index (κ3) is 5.21. The minimum absolute atomic E-state index is 0.274. The van der Waals surface area contributed by atoms with Crippen molar-refractivity contribution in [1.29, 1.82) is 0 Å². The Kier molecular flexibility index (Phi) is 7.14. The van der Waals surface area contributed by atoms with Crippen LogP contribution in [0.2, 0.25) is 0 Å². The number of rotatable bonds is 8. The molecule has 0 atom stereocenters. The predicted molar refractivity (Wildman–Crippen MR) is 133 cm³/mol. The van der Waals surface area contributed by atoms with Crippen molar-refractivity contribution in [2.75, 3.05) is 25.0 Å². The van der Waals surface area contributed by atoms with Crippen molar-refractivity contribution in [2.45, 2.75) is 0 Å². The number of hydrogen-bond donors (Lipinski definition) is 2. The number of methoxy groups -OCH3 is 2. The first-order chi connectivity index (χ1) is 16.6. The maximum absolute atomic E-state index is 13.4. The zero-order chi connectivity index (χ0) is 23.9. The van der Waals surface area contributed by atoms with Crippen LogP contribution in [-0.2, 0) is 0 Å². The molecule has 0 aliphatic rings. The van der Waals surface area contributed by atoms with Crippen LogP contribution in [0.3, 0.4) is 0 Å². The van der Waals surface area contributed by atoms with Gasteiger partial charge in [0.1, 0.15) is 16.5 Å². The van der Waals surface area contributed by atoms with Crippen LogP contribution in [0.4, 0.5) is 14.5 Å². The van der Waals surface area contributed by atoms with Crippen LogP contribution < -0.4 is 20.2 Å². The zero-order valence-corrected chi connectivity index (χ0v) is 19.2. The van der Waals surface area contributed by atoms with E-state index in [1.165, 1.54) is 23.5 Å². The second-order valence-corrected chi connectivity index (χ2v) is 7.98. The molecule has 34 heavy (non-hydrogen) atoms. The van der Waals surface area contributed by atoms with Gasteiger partial charge in [-0.05, 0) is 48.5 Å². The fourth-order valence-corrected chi connectivity index (χ4v) is 4.02. The van der Waals surface area contributed by atoms with E-state index in [9.17, 15) is 9.18 Å². The summed E-state index contributed by atoms with van der Waals surface area (Å²) in [5, 5.41) is 8.11. The standard InChI is InChI=1S/C25H21FN4O3S/c1-32-20-10-6-9-18(22(20)33-2)15-27-30-25-28-21(16-11-13-19(26)14-12-16)24(34-25)29-23(31)17-7-4-3-5-8-17/h3-15H,1-2H3,(H,28,30)(H,29,31). The van der Waals surface area contributed by atoms with Gasteiger partial charge in [-0.1, -0.05) is 35.6 Å². The second kappa shape index (κ2) is 10.6. The van der Waals surface area contributed by atoms with Gasteiger partial charge in [0.2, 0.25) is 5.13 Å². The third-order valence-corrected chi connectivity index (χ3v) is 5.68. The van der Waals surface area contributed by atoms with E-state index in [-0.39, 0.29) is 11.7 Å². The van der Waals surface area contributed by atoms with Crippen molar-refractivity contribution in [3.05, 3.63) is 89.7 Å². The summed E-state index contributed by atoms with van der Waals surface area (Å²) in [5.41, 5.74) is 5.28. The van der Waals surface area contributed by atoms with E-state index in [0.717, 1.165) is 0 Å². The van der Waals surface area contributed by atoms with Crippen molar-refractivity contribution in [3.8, 4) is 22.8 Å². The number of thiazole rings is 1. The van der Waals surface area contributed by atoms with Crippen molar-refractivity contribution in [2.24, 2.45) is 5.10 Å². The van der Waals surface area contributed by atoms with Gasteiger partial charge in [-0.2, -0.15) is 5.10 Å². The summed E-state index contributed by atoms with van der Waals surface area (Å²) in [6.45, 7) is 0. The largest absolute Gasteiger partial charge is 0.493 e. The van der Waals surface area contributed by atoms with Gasteiger partial charge in [-0.15, -0.1) is 0 Å². The Bertz CT molecular complexity index is 1310. The Morgan fingerprint density at radius 3 is 2.47 bits per heavy atom. The molecule has 3 aromatic carbocycles. The van der Waals surface area contributed by atoms with Gasteiger partial charge in [-0.3, -0.25) is 10.2 Å². The number of hydrogen-bond acceptors (Lipinski definition) is 7. The fraction of sp³-hybridized carbons (Fsp3) is 0.0800. The highest BCUT2D eigenvalue weighted by Gasteiger charge is 2.17. The first kappa shape index (κ1) is 22.9. The number of amides is 1. The lowest BCUT2D eigenvalue weighted by atomic mass is 10.1. The molecule has 4 rings (SSSR count). The Hall–Kier alpha value is -4.24. The van der Waals surface area contributed by atoms with Gasteiger partial charge in [0.05, 0.1) is 20.4 Å². The molecule has 2 N–H and O–H groups in total. The van der Waals surface area contributed by atoms with Crippen LogP contribution in [0.5, 0.6) is 11.5 Å². The lowest BCUT2D eigenvalue weighted by Crippen LogP contribution is -2.11. The van der Waals surface area contributed by atoms with Crippen molar-refractivity contribution in [1.82, 2.24) is 4.98 Å². The highest BCUT2D eigenvalue weighted by atomic mass is 32.1.